The first-order valence-corrected chi connectivity index (χ1v) is 17.4. The van der Waals surface area contributed by atoms with Gasteiger partial charge in [-0.15, -0.1) is 0 Å². The number of carbonyl (C=O) groups is 1. The molecule has 2 aromatic heterocycles. The molecular formula is C36H32Cl2N8O3S. The first-order valence-electron chi connectivity index (χ1n) is 15.8. The van der Waals surface area contributed by atoms with Crippen LogP contribution in [0.4, 0.5) is 17.3 Å². The van der Waals surface area contributed by atoms with Crippen LogP contribution < -0.4 is 21.7 Å². The molecule has 0 unspecified atom stereocenters. The maximum absolute atomic E-state index is 13.6. The Bertz CT molecular complexity index is 2140. The number of anilines is 3. The zero-order valence-electron chi connectivity index (χ0n) is 26.9. The van der Waals surface area contributed by atoms with E-state index in [1.54, 1.807) is 61.7 Å². The molecule has 1 spiro atoms. The predicted octanol–water partition coefficient (Wildman–Crippen LogP) is 6.21. The van der Waals surface area contributed by atoms with Gasteiger partial charge in [0.2, 0.25) is 0 Å². The number of nitrogens with zero attached hydrogens (tertiary/aromatic N) is 5. The number of piperidine rings is 1. The summed E-state index contributed by atoms with van der Waals surface area (Å²) in [6.45, 7) is 1.55. The Labute approximate surface area is 302 Å². The lowest BCUT2D eigenvalue weighted by Crippen LogP contribution is -2.44. The first kappa shape index (κ1) is 33.6. The summed E-state index contributed by atoms with van der Waals surface area (Å²) in [4.78, 5) is 43.6. The molecule has 1 aliphatic carbocycles. The molecule has 0 radical (unpaired) electrons. The van der Waals surface area contributed by atoms with Crippen LogP contribution in [0.3, 0.4) is 0 Å². The molecule has 1 saturated heterocycles. The van der Waals surface area contributed by atoms with E-state index in [1.165, 1.54) is 22.9 Å². The fourth-order valence-corrected chi connectivity index (χ4v) is 8.15. The topological polar surface area (TPSA) is 164 Å². The summed E-state index contributed by atoms with van der Waals surface area (Å²) in [6, 6.07) is 15.9. The summed E-state index contributed by atoms with van der Waals surface area (Å²) >= 11 is 14.2. The van der Waals surface area contributed by atoms with Gasteiger partial charge in [0.25, 0.3) is 5.91 Å². The molecular weight excluding hydrogens is 695 g/mol. The van der Waals surface area contributed by atoms with Gasteiger partial charge in [-0.3, -0.25) is 9.78 Å². The number of benzene rings is 2. The highest BCUT2D eigenvalue weighted by Gasteiger charge is 2.46. The number of aliphatic hydroxyl groups is 1. The van der Waals surface area contributed by atoms with Crippen molar-refractivity contribution in [1.82, 2.24) is 19.9 Å². The average molecular weight is 728 g/mol. The molecule has 50 heavy (non-hydrogen) atoms. The third-order valence-electron chi connectivity index (χ3n) is 9.56. The van der Waals surface area contributed by atoms with Crippen molar-refractivity contribution in [1.29, 1.82) is 0 Å². The van der Waals surface area contributed by atoms with Crippen LogP contribution in [-0.4, -0.2) is 56.9 Å². The molecule has 4 heterocycles. The number of aliphatic hydroxyl groups excluding tert-OH is 1. The SMILES string of the molecule is CN1C=C(c2cccc(Cl)c2)C(O)=C(C(=O)Nc2cccc(Sc3ncc(N4CCC5(CC4)Cc4ncccc4[C@H]5N)nc3N)c2Cl)C1=C=O. The number of nitrogen functional groups attached to an aromatic ring is 1. The molecule has 254 valence electrons. The van der Waals surface area contributed by atoms with E-state index in [2.05, 4.69) is 31.2 Å². The van der Waals surface area contributed by atoms with Gasteiger partial charge in [0.15, 0.2) is 11.8 Å². The van der Waals surface area contributed by atoms with E-state index in [0.717, 1.165) is 43.6 Å². The molecule has 1 atom stereocenters. The van der Waals surface area contributed by atoms with Gasteiger partial charge in [-0.1, -0.05) is 59.2 Å². The van der Waals surface area contributed by atoms with E-state index < -0.39 is 11.7 Å². The Morgan fingerprint density at radius 3 is 2.62 bits per heavy atom. The van der Waals surface area contributed by atoms with Gasteiger partial charge in [-0.2, -0.15) is 0 Å². The molecule has 3 aliphatic rings. The maximum atomic E-state index is 13.6. The van der Waals surface area contributed by atoms with Crippen molar-refractivity contribution in [3.05, 3.63) is 117 Å². The minimum Gasteiger partial charge on any atom is -0.506 e. The maximum Gasteiger partial charge on any atom is 0.262 e. The van der Waals surface area contributed by atoms with E-state index in [4.69, 9.17) is 34.7 Å². The number of allylic oxidation sites excluding steroid dienone is 1. The molecule has 6 N–H and O–H groups in total. The number of hydrogen-bond donors (Lipinski definition) is 4. The zero-order chi connectivity index (χ0) is 35.2. The number of pyridine rings is 1. The van der Waals surface area contributed by atoms with Crippen LogP contribution in [0.15, 0.2) is 100 Å². The second-order valence-corrected chi connectivity index (χ2v) is 14.3. The number of halogens is 2. The van der Waals surface area contributed by atoms with E-state index >= 15 is 0 Å². The fourth-order valence-electron chi connectivity index (χ4n) is 6.86. The second-order valence-electron chi connectivity index (χ2n) is 12.5. The summed E-state index contributed by atoms with van der Waals surface area (Å²) in [5.74, 6) is 1.54. The van der Waals surface area contributed by atoms with Gasteiger partial charge in [-0.25, -0.2) is 14.8 Å². The van der Waals surface area contributed by atoms with E-state index in [1.807, 2.05) is 12.3 Å². The van der Waals surface area contributed by atoms with Crippen LogP contribution in [0, 0.1) is 5.41 Å². The van der Waals surface area contributed by atoms with Crippen LogP contribution in [0.5, 0.6) is 0 Å². The van der Waals surface area contributed by atoms with Crippen molar-refractivity contribution < 1.29 is 14.7 Å². The standard InChI is InChI=1S/C36H32Cl2N8O3S/c1-45-18-23(20-5-2-6-21(37)15-20)31(48)29(26(45)19-47)34(49)43-24-8-3-9-27(30(24)38)50-35-33(40)44-28(17-42-35)46-13-10-36(11-14-46)16-25-22(32(36)39)7-4-12-41-25/h2-9,12,15,17-18,32,48H,10-11,13-14,16,39H2,1H3,(H2,40,44)(H,43,49)/t32-/m1/s1. The van der Waals surface area contributed by atoms with Crippen LogP contribution in [0.25, 0.3) is 5.57 Å². The monoisotopic (exact) mass is 726 g/mol. The van der Waals surface area contributed by atoms with Gasteiger partial charge >= 0.3 is 0 Å². The number of aromatic nitrogens is 3. The summed E-state index contributed by atoms with van der Waals surface area (Å²) in [5, 5.41) is 15.1. The molecule has 1 fully saturated rings. The lowest BCUT2D eigenvalue weighted by atomic mass is 9.73. The minimum absolute atomic E-state index is 0.0123. The first-order chi connectivity index (χ1) is 24.1. The van der Waals surface area contributed by atoms with Gasteiger partial charge in [0, 0.05) is 59.8 Å². The molecule has 0 bridgehead atoms. The number of carbonyl (C=O) groups excluding carboxylic acids is 2. The highest BCUT2D eigenvalue weighted by atomic mass is 35.5. The number of hydrogen-bond acceptors (Lipinski definition) is 11. The molecule has 2 aliphatic heterocycles. The van der Waals surface area contributed by atoms with Gasteiger partial charge < -0.3 is 31.7 Å². The van der Waals surface area contributed by atoms with E-state index in [-0.39, 0.29) is 39.3 Å². The number of amides is 1. The van der Waals surface area contributed by atoms with Crippen LogP contribution in [0.2, 0.25) is 10.0 Å². The van der Waals surface area contributed by atoms with Gasteiger partial charge in [0.05, 0.1) is 16.9 Å². The highest BCUT2D eigenvalue weighted by molar-refractivity contribution is 7.99. The Balaban J connectivity index is 1.06. The Morgan fingerprint density at radius 2 is 1.90 bits per heavy atom. The fraction of sp³-hybridized carbons (Fsp3) is 0.222. The molecule has 2 aromatic carbocycles. The number of fused-ring (bicyclic) bond motifs is 1. The Hall–Kier alpha value is -4.84. The van der Waals surface area contributed by atoms with Crippen LogP contribution >= 0.6 is 35.0 Å². The number of likely N-dealkylation sites (N-methyl/N-ethyl adjacent to an activating group) is 1. The summed E-state index contributed by atoms with van der Waals surface area (Å²) in [5.41, 5.74) is 16.1. The molecule has 4 aromatic rings. The molecule has 11 nitrogen and oxygen atoms in total. The van der Waals surface area contributed by atoms with Crippen molar-refractivity contribution in [2.24, 2.45) is 11.1 Å². The van der Waals surface area contributed by atoms with Crippen molar-refractivity contribution >= 4 is 69.7 Å². The Kier molecular flexibility index (Phi) is 9.06. The van der Waals surface area contributed by atoms with Crippen LogP contribution in [0.1, 0.15) is 35.7 Å². The third kappa shape index (κ3) is 6.10. The quantitative estimate of drug-likeness (QED) is 0.167. The predicted molar refractivity (Wildman–Crippen MR) is 195 cm³/mol. The van der Waals surface area contributed by atoms with Gasteiger partial charge in [-0.05, 0) is 66.1 Å². The lowest BCUT2D eigenvalue weighted by molar-refractivity contribution is -0.112. The van der Waals surface area contributed by atoms with Crippen LogP contribution in [-0.2, 0) is 16.0 Å². The van der Waals surface area contributed by atoms with E-state index in [9.17, 15) is 14.7 Å². The number of nitrogens with two attached hydrogens (primary N) is 2. The normalized spacial score (nSPS) is 18.2. The highest BCUT2D eigenvalue weighted by Crippen LogP contribution is 2.50. The molecule has 0 saturated carbocycles. The third-order valence-corrected chi connectivity index (χ3v) is 11.4. The van der Waals surface area contributed by atoms with Crippen molar-refractivity contribution in [2.75, 3.05) is 36.1 Å². The number of rotatable bonds is 6. The summed E-state index contributed by atoms with van der Waals surface area (Å²) in [6.07, 6.45) is 7.76. The van der Waals surface area contributed by atoms with Crippen molar-refractivity contribution in [3.8, 4) is 0 Å². The van der Waals surface area contributed by atoms with Crippen molar-refractivity contribution in [2.45, 2.75) is 35.2 Å². The van der Waals surface area contributed by atoms with Gasteiger partial charge in [0.1, 0.15) is 27.9 Å². The molecule has 1 amide bonds. The summed E-state index contributed by atoms with van der Waals surface area (Å²) in [7, 11) is 1.58. The second kappa shape index (κ2) is 13.5. The lowest BCUT2D eigenvalue weighted by Gasteiger charge is -2.42. The number of nitrogens with one attached hydrogen (secondary N) is 1. The average Bonchev–Trinajstić information content (AvgIpc) is 3.38. The zero-order valence-corrected chi connectivity index (χ0v) is 29.2. The molecule has 14 heteroatoms. The minimum atomic E-state index is -0.755. The van der Waals surface area contributed by atoms with Crippen molar-refractivity contribution in [3.63, 3.8) is 0 Å². The smallest absolute Gasteiger partial charge is 0.262 e. The summed E-state index contributed by atoms with van der Waals surface area (Å²) < 4.78 is 0. The van der Waals surface area contributed by atoms with E-state index in [0.29, 0.717) is 31.9 Å². The largest absolute Gasteiger partial charge is 0.506 e. The molecule has 7 rings (SSSR count). The Morgan fingerprint density at radius 1 is 1.12 bits per heavy atom.